The second kappa shape index (κ2) is 10.0. The van der Waals surface area contributed by atoms with E-state index in [9.17, 15) is 13.2 Å². The van der Waals surface area contributed by atoms with Gasteiger partial charge in [0, 0.05) is 0 Å². The molecule has 0 saturated heterocycles. The second-order valence-corrected chi connectivity index (χ2v) is 8.87. The molecule has 0 spiro atoms. The first kappa shape index (κ1) is 22.2. The summed E-state index contributed by atoms with van der Waals surface area (Å²) in [5.74, 6) is -0.534. The van der Waals surface area contributed by atoms with Crippen LogP contribution in [0.4, 0.5) is 5.69 Å². The molecule has 6 nitrogen and oxygen atoms in total. The average molecular weight is 436 g/mol. The van der Waals surface area contributed by atoms with Crippen LogP contribution in [0.2, 0.25) is 0 Å². The van der Waals surface area contributed by atoms with Crippen LogP contribution in [-0.2, 0) is 21.2 Å². The van der Waals surface area contributed by atoms with Crippen molar-refractivity contribution in [3.05, 3.63) is 95.6 Å². The number of carbonyl (C=O) groups excluding carboxylic acids is 1. The Morgan fingerprint density at radius 3 is 2.29 bits per heavy atom. The topological polar surface area (TPSA) is 78.8 Å². The Morgan fingerprint density at radius 2 is 1.61 bits per heavy atom. The lowest BCUT2D eigenvalue weighted by Gasteiger charge is -2.25. The molecule has 0 aliphatic carbocycles. The normalized spacial score (nSPS) is 11.4. The molecule has 0 bridgehead atoms. The van der Waals surface area contributed by atoms with E-state index >= 15 is 0 Å². The molecular formula is C24H25N3O3S. The summed E-state index contributed by atoms with van der Waals surface area (Å²) < 4.78 is 27.9. The Kier molecular flexibility index (Phi) is 7.20. The highest BCUT2D eigenvalue weighted by molar-refractivity contribution is 7.92. The Labute approximate surface area is 183 Å². The summed E-state index contributed by atoms with van der Waals surface area (Å²) in [6.45, 7) is 3.54. The number of nitrogens with one attached hydrogen (secondary N) is 1. The van der Waals surface area contributed by atoms with E-state index in [-0.39, 0.29) is 11.4 Å². The third-order valence-corrected chi connectivity index (χ3v) is 6.51. The number of sulfonamides is 1. The van der Waals surface area contributed by atoms with Crippen molar-refractivity contribution in [1.29, 1.82) is 0 Å². The van der Waals surface area contributed by atoms with Crippen LogP contribution in [0.15, 0.2) is 88.9 Å². The third-order valence-electron chi connectivity index (χ3n) is 4.74. The lowest BCUT2D eigenvalue weighted by Crippen LogP contribution is -2.40. The van der Waals surface area contributed by atoms with Crippen molar-refractivity contribution in [2.75, 3.05) is 10.8 Å². The van der Waals surface area contributed by atoms with E-state index in [4.69, 9.17) is 0 Å². The predicted octanol–water partition coefficient (Wildman–Crippen LogP) is 3.90. The monoisotopic (exact) mass is 435 g/mol. The zero-order chi connectivity index (χ0) is 22.3. The molecule has 1 N–H and O–H groups in total. The summed E-state index contributed by atoms with van der Waals surface area (Å²) in [7, 11) is -3.94. The van der Waals surface area contributed by atoms with Gasteiger partial charge in [0.05, 0.1) is 16.8 Å². The van der Waals surface area contributed by atoms with Crippen LogP contribution in [-0.4, -0.2) is 27.1 Å². The molecule has 0 saturated carbocycles. The van der Waals surface area contributed by atoms with Crippen LogP contribution in [0.5, 0.6) is 0 Å². The lowest BCUT2D eigenvalue weighted by atomic mass is 10.1. The summed E-state index contributed by atoms with van der Waals surface area (Å²) in [4.78, 5) is 12.7. The van der Waals surface area contributed by atoms with E-state index in [1.807, 2.05) is 50.2 Å². The lowest BCUT2D eigenvalue weighted by molar-refractivity contribution is -0.119. The van der Waals surface area contributed by atoms with Crippen molar-refractivity contribution >= 4 is 27.8 Å². The number of rotatable bonds is 8. The third kappa shape index (κ3) is 5.58. The number of benzene rings is 3. The summed E-state index contributed by atoms with van der Waals surface area (Å²) in [6.07, 6.45) is 2.15. The smallest absolute Gasteiger partial charge is 0.264 e. The van der Waals surface area contributed by atoms with Crippen LogP contribution in [0.1, 0.15) is 23.6 Å². The van der Waals surface area contributed by atoms with Crippen LogP contribution in [0, 0.1) is 6.92 Å². The fraction of sp³-hybridized carbons (Fsp3) is 0.167. The number of hydrogen-bond donors (Lipinski definition) is 1. The van der Waals surface area contributed by atoms with Crippen LogP contribution in [0.3, 0.4) is 0 Å². The largest absolute Gasteiger partial charge is 0.271 e. The summed E-state index contributed by atoms with van der Waals surface area (Å²) in [5, 5.41) is 3.97. The number of amides is 1. The number of aryl methyl sites for hydroxylation is 2. The maximum Gasteiger partial charge on any atom is 0.264 e. The molecule has 3 rings (SSSR count). The summed E-state index contributed by atoms with van der Waals surface area (Å²) in [5.41, 5.74) is 5.69. The van der Waals surface area contributed by atoms with Gasteiger partial charge in [-0.25, -0.2) is 13.8 Å². The molecule has 0 aliphatic rings. The maximum absolute atomic E-state index is 13.4. The average Bonchev–Trinajstić information content (AvgIpc) is 2.79. The van der Waals surface area contributed by atoms with Crippen molar-refractivity contribution < 1.29 is 13.2 Å². The molecule has 0 heterocycles. The van der Waals surface area contributed by atoms with Crippen LogP contribution >= 0.6 is 0 Å². The van der Waals surface area contributed by atoms with Crippen LogP contribution in [0.25, 0.3) is 0 Å². The van der Waals surface area contributed by atoms with Gasteiger partial charge in [0.15, 0.2) is 0 Å². The van der Waals surface area contributed by atoms with Gasteiger partial charge in [0.25, 0.3) is 15.9 Å². The first-order chi connectivity index (χ1) is 14.9. The molecule has 0 aliphatic heterocycles. The Morgan fingerprint density at radius 1 is 0.968 bits per heavy atom. The Balaban J connectivity index is 1.86. The highest BCUT2D eigenvalue weighted by atomic mass is 32.2. The van der Waals surface area contributed by atoms with E-state index in [0.29, 0.717) is 12.1 Å². The predicted molar refractivity (Wildman–Crippen MR) is 124 cm³/mol. The standard InChI is InChI=1S/C24H25N3O3S/c1-3-21-9-7-8-12-23(21)27(31(29,30)22-10-5-4-6-11-22)18-24(28)26-25-17-20-15-13-19(2)14-16-20/h4-17H,3,18H2,1-2H3,(H,26,28)/b25-17+. The molecule has 160 valence electrons. The van der Waals surface area contributed by atoms with Crippen molar-refractivity contribution in [3.8, 4) is 0 Å². The quantitative estimate of drug-likeness (QED) is 0.430. The summed E-state index contributed by atoms with van der Waals surface area (Å²) >= 11 is 0. The minimum atomic E-state index is -3.94. The fourth-order valence-electron chi connectivity index (χ4n) is 3.07. The number of hydrazone groups is 1. The molecule has 31 heavy (non-hydrogen) atoms. The van der Waals surface area contributed by atoms with Gasteiger partial charge in [0.1, 0.15) is 6.54 Å². The molecule has 0 fully saturated rings. The molecule has 3 aromatic carbocycles. The van der Waals surface area contributed by atoms with Gasteiger partial charge >= 0.3 is 0 Å². The van der Waals surface area contributed by atoms with Crippen LogP contribution < -0.4 is 9.73 Å². The Bertz CT molecular complexity index is 1160. The van der Waals surface area contributed by atoms with Gasteiger partial charge in [-0.1, -0.05) is 73.2 Å². The van der Waals surface area contributed by atoms with Gasteiger partial charge in [-0.3, -0.25) is 9.10 Å². The van der Waals surface area contributed by atoms with E-state index in [1.54, 1.807) is 30.3 Å². The SMILES string of the molecule is CCc1ccccc1N(CC(=O)N/N=C/c1ccc(C)cc1)S(=O)(=O)c1ccccc1. The molecule has 0 atom stereocenters. The molecule has 0 aromatic heterocycles. The highest BCUT2D eigenvalue weighted by Crippen LogP contribution is 2.27. The van der Waals surface area contributed by atoms with Crippen molar-refractivity contribution in [2.45, 2.75) is 25.2 Å². The number of hydrogen-bond acceptors (Lipinski definition) is 4. The minimum Gasteiger partial charge on any atom is -0.271 e. The zero-order valence-electron chi connectivity index (χ0n) is 17.5. The molecule has 7 heteroatoms. The van der Waals surface area contributed by atoms with E-state index in [0.717, 1.165) is 21.0 Å². The maximum atomic E-state index is 13.4. The van der Waals surface area contributed by atoms with E-state index in [2.05, 4.69) is 10.5 Å². The van der Waals surface area contributed by atoms with E-state index in [1.165, 1.54) is 18.3 Å². The first-order valence-corrected chi connectivity index (χ1v) is 11.4. The first-order valence-electron chi connectivity index (χ1n) is 9.96. The van der Waals surface area contributed by atoms with Gasteiger partial charge in [-0.05, 0) is 42.7 Å². The Hall–Kier alpha value is -3.45. The van der Waals surface area contributed by atoms with Crippen molar-refractivity contribution in [3.63, 3.8) is 0 Å². The molecule has 0 unspecified atom stereocenters. The number of anilines is 1. The van der Waals surface area contributed by atoms with E-state index < -0.39 is 15.9 Å². The zero-order valence-corrected chi connectivity index (χ0v) is 18.3. The molecule has 1 amide bonds. The van der Waals surface area contributed by atoms with Crippen molar-refractivity contribution in [1.82, 2.24) is 5.43 Å². The highest BCUT2D eigenvalue weighted by Gasteiger charge is 2.28. The minimum absolute atomic E-state index is 0.122. The molecular weight excluding hydrogens is 410 g/mol. The summed E-state index contributed by atoms with van der Waals surface area (Å²) in [6, 6.07) is 22.9. The fourth-order valence-corrected chi connectivity index (χ4v) is 4.55. The van der Waals surface area contributed by atoms with Gasteiger partial charge in [0.2, 0.25) is 0 Å². The number of para-hydroxylation sites is 1. The number of carbonyl (C=O) groups is 1. The van der Waals surface area contributed by atoms with Gasteiger partial charge in [-0.15, -0.1) is 0 Å². The van der Waals surface area contributed by atoms with Gasteiger partial charge in [-0.2, -0.15) is 5.10 Å². The van der Waals surface area contributed by atoms with Gasteiger partial charge < -0.3 is 0 Å². The number of nitrogens with zero attached hydrogens (tertiary/aromatic N) is 2. The second-order valence-electron chi connectivity index (χ2n) is 7.01. The molecule has 0 radical (unpaired) electrons. The van der Waals surface area contributed by atoms with Crippen molar-refractivity contribution in [2.24, 2.45) is 5.10 Å². The molecule has 3 aromatic rings.